The fourth-order valence-electron chi connectivity index (χ4n) is 5.50. The molecule has 378 valence electrons. The maximum absolute atomic E-state index is 12.7. The zero-order valence-corrected chi connectivity index (χ0v) is 43.4. The number of allylic oxidation sites excluding steroid dienone is 27. The standard InChI is InChI=1S/C58H88NO8P/c1-6-8-10-12-14-16-18-20-22-23-24-25-26-27-28-29-30-31-32-33-34-35-37-39-41-43-45-47-49-51-58(61)67-56(55-66-68(62,63)65-53-52-59(3,4)5)54-64-57(60)50-48-46-44-42-40-38-36-21-19-17-15-13-11-9-7-2/h8-11,14-17,20-22,24-25,27-28,30-31,33-34,36-37,39-40,42-43,45-46,48,56H,6-7,12-13,18-19,23,26,29,32,35,38,41,44,47,49-55H2,1-5H3/p+1/b10-8-,11-9-,16-14-,17-15-,22-20-,25-24-,28-27-,31-30-,34-33-,36-21-,39-37-,42-40-,45-43-,48-46-. The largest absolute Gasteiger partial charge is 0.472 e. The van der Waals surface area contributed by atoms with Crippen molar-refractivity contribution in [3.8, 4) is 0 Å². The van der Waals surface area contributed by atoms with E-state index in [0.717, 1.165) is 83.5 Å². The monoisotopic (exact) mass is 959 g/mol. The molecule has 0 amide bonds. The van der Waals surface area contributed by atoms with Crippen LogP contribution in [0.3, 0.4) is 0 Å². The van der Waals surface area contributed by atoms with Crippen molar-refractivity contribution in [2.75, 3.05) is 47.5 Å². The summed E-state index contributed by atoms with van der Waals surface area (Å²) in [6.07, 6.45) is 73.1. The highest BCUT2D eigenvalue weighted by Gasteiger charge is 2.27. The van der Waals surface area contributed by atoms with E-state index >= 15 is 0 Å². The van der Waals surface area contributed by atoms with Crippen LogP contribution < -0.4 is 0 Å². The minimum Gasteiger partial charge on any atom is -0.461 e. The number of ether oxygens (including phenoxy) is 2. The molecule has 0 aromatic rings. The van der Waals surface area contributed by atoms with Crippen LogP contribution in [0.1, 0.15) is 129 Å². The summed E-state index contributed by atoms with van der Waals surface area (Å²) < 4.78 is 34.2. The van der Waals surface area contributed by atoms with Crippen LogP contribution in [0.25, 0.3) is 0 Å². The first kappa shape index (κ1) is 63.4. The van der Waals surface area contributed by atoms with Gasteiger partial charge in [-0.1, -0.05) is 184 Å². The van der Waals surface area contributed by atoms with E-state index in [2.05, 4.69) is 160 Å². The van der Waals surface area contributed by atoms with Crippen molar-refractivity contribution < 1.29 is 42.1 Å². The molecule has 9 nitrogen and oxygen atoms in total. The number of likely N-dealkylation sites (N-methyl/N-ethyl adjacent to an activating group) is 1. The van der Waals surface area contributed by atoms with Gasteiger partial charge in [0.2, 0.25) is 0 Å². The first-order valence-corrected chi connectivity index (χ1v) is 26.4. The highest BCUT2D eigenvalue weighted by atomic mass is 31.2. The summed E-state index contributed by atoms with van der Waals surface area (Å²) in [6, 6.07) is 0. The lowest BCUT2D eigenvalue weighted by Crippen LogP contribution is -2.37. The van der Waals surface area contributed by atoms with Gasteiger partial charge in [0.25, 0.3) is 0 Å². The third-order valence-corrected chi connectivity index (χ3v) is 10.3. The van der Waals surface area contributed by atoms with E-state index in [0.29, 0.717) is 30.3 Å². The van der Waals surface area contributed by atoms with Crippen molar-refractivity contribution in [3.63, 3.8) is 0 Å². The van der Waals surface area contributed by atoms with Crippen LogP contribution in [0.5, 0.6) is 0 Å². The van der Waals surface area contributed by atoms with Gasteiger partial charge in [-0.3, -0.25) is 18.6 Å². The Morgan fingerprint density at radius 3 is 1.16 bits per heavy atom. The highest BCUT2D eigenvalue weighted by Crippen LogP contribution is 2.43. The number of carbonyl (C=O) groups excluding carboxylic acids is 2. The number of phosphoric ester groups is 1. The molecule has 0 rings (SSSR count). The summed E-state index contributed by atoms with van der Waals surface area (Å²) in [5, 5.41) is 0. The van der Waals surface area contributed by atoms with Crippen LogP contribution in [-0.2, 0) is 32.7 Å². The molecule has 0 saturated carbocycles. The summed E-state index contributed by atoms with van der Waals surface area (Å²) >= 11 is 0. The zero-order valence-electron chi connectivity index (χ0n) is 42.5. The average molecular weight is 959 g/mol. The van der Waals surface area contributed by atoms with E-state index in [-0.39, 0.29) is 26.1 Å². The lowest BCUT2D eigenvalue weighted by molar-refractivity contribution is -0.870. The van der Waals surface area contributed by atoms with E-state index in [9.17, 15) is 19.0 Å². The first-order valence-electron chi connectivity index (χ1n) is 24.9. The molecular weight excluding hydrogens is 870 g/mol. The molecule has 0 fully saturated rings. The van der Waals surface area contributed by atoms with Crippen LogP contribution in [0, 0.1) is 0 Å². The van der Waals surface area contributed by atoms with Gasteiger partial charge < -0.3 is 18.9 Å². The van der Waals surface area contributed by atoms with E-state index in [4.69, 9.17) is 18.5 Å². The van der Waals surface area contributed by atoms with Gasteiger partial charge in [-0.15, -0.1) is 0 Å². The molecule has 0 aromatic heterocycles. The molecule has 0 radical (unpaired) electrons. The fraction of sp³-hybridized carbons (Fsp3) is 0.483. The molecule has 2 unspecified atom stereocenters. The second kappa shape index (κ2) is 47.4. The van der Waals surface area contributed by atoms with Gasteiger partial charge in [0.1, 0.15) is 19.8 Å². The number of nitrogens with zero attached hydrogens (tertiary/aromatic N) is 1. The normalized spacial score (nSPS) is 14.9. The molecular formula is C58H89NO8P+. The van der Waals surface area contributed by atoms with Crippen LogP contribution in [0.15, 0.2) is 170 Å². The quantitative estimate of drug-likeness (QED) is 0.0212. The molecule has 1 N–H and O–H groups in total. The Kier molecular flexibility index (Phi) is 44.2. The lowest BCUT2D eigenvalue weighted by atomic mass is 10.2. The summed E-state index contributed by atoms with van der Waals surface area (Å²) in [7, 11) is 1.36. The molecule has 0 heterocycles. The van der Waals surface area contributed by atoms with E-state index < -0.39 is 32.5 Å². The Labute approximate surface area is 413 Å². The number of hydrogen-bond donors (Lipinski definition) is 1. The van der Waals surface area contributed by atoms with E-state index in [1.165, 1.54) is 0 Å². The number of esters is 2. The molecule has 0 bridgehead atoms. The van der Waals surface area contributed by atoms with Crippen LogP contribution in [0.4, 0.5) is 0 Å². The molecule has 2 atom stereocenters. The van der Waals surface area contributed by atoms with Gasteiger partial charge in [0, 0.05) is 6.42 Å². The Morgan fingerprint density at radius 1 is 0.471 bits per heavy atom. The zero-order chi connectivity index (χ0) is 49.9. The maximum Gasteiger partial charge on any atom is 0.472 e. The Hall–Kier alpha value is -4.63. The molecule has 0 aromatic carbocycles. The van der Waals surface area contributed by atoms with E-state index in [1.807, 2.05) is 39.4 Å². The lowest BCUT2D eigenvalue weighted by Gasteiger charge is -2.24. The van der Waals surface area contributed by atoms with Crippen molar-refractivity contribution in [1.29, 1.82) is 0 Å². The summed E-state index contributed by atoms with van der Waals surface area (Å²) in [5.74, 6) is -1.04. The third kappa shape index (κ3) is 50.8. The smallest absolute Gasteiger partial charge is 0.461 e. The van der Waals surface area contributed by atoms with Gasteiger partial charge in [0.15, 0.2) is 6.10 Å². The first-order chi connectivity index (χ1) is 33.0. The number of unbranched alkanes of at least 4 members (excludes halogenated alkanes) is 1. The molecule has 0 aliphatic carbocycles. The Balaban J connectivity index is 4.50. The van der Waals surface area contributed by atoms with E-state index in [1.54, 1.807) is 6.08 Å². The van der Waals surface area contributed by atoms with Crippen molar-refractivity contribution in [2.24, 2.45) is 0 Å². The predicted molar refractivity (Wildman–Crippen MR) is 288 cm³/mol. The molecule has 0 saturated heterocycles. The van der Waals surface area contributed by atoms with Crippen molar-refractivity contribution >= 4 is 19.8 Å². The number of phosphoric acid groups is 1. The molecule has 0 aliphatic heterocycles. The molecule has 0 spiro atoms. The van der Waals surface area contributed by atoms with Crippen molar-refractivity contribution in [2.45, 2.75) is 136 Å². The topological polar surface area (TPSA) is 108 Å². The van der Waals surface area contributed by atoms with Gasteiger partial charge in [-0.25, -0.2) is 4.57 Å². The van der Waals surface area contributed by atoms with Gasteiger partial charge in [-0.05, 0) is 103 Å². The maximum atomic E-state index is 12.7. The second-order valence-electron chi connectivity index (χ2n) is 16.7. The second-order valence-corrected chi connectivity index (χ2v) is 18.2. The van der Waals surface area contributed by atoms with Crippen molar-refractivity contribution in [1.82, 2.24) is 0 Å². The predicted octanol–water partition coefficient (Wildman–Crippen LogP) is 15.1. The summed E-state index contributed by atoms with van der Waals surface area (Å²) in [4.78, 5) is 35.4. The van der Waals surface area contributed by atoms with Crippen molar-refractivity contribution in [3.05, 3.63) is 170 Å². The van der Waals surface area contributed by atoms with Gasteiger partial charge in [0.05, 0.1) is 34.2 Å². The third-order valence-electron chi connectivity index (χ3n) is 9.28. The minimum absolute atomic E-state index is 0.00392. The molecule has 0 aliphatic rings. The Morgan fingerprint density at radius 2 is 0.809 bits per heavy atom. The number of quaternary nitrogens is 1. The summed E-state index contributed by atoms with van der Waals surface area (Å²) in [6.45, 7) is 3.96. The van der Waals surface area contributed by atoms with Crippen LogP contribution in [-0.4, -0.2) is 74.9 Å². The highest BCUT2D eigenvalue weighted by molar-refractivity contribution is 7.47. The number of carbonyl (C=O) groups is 2. The average Bonchev–Trinajstić information content (AvgIpc) is 3.30. The van der Waals surface area contributed by atoms with Crippen LogP contribution in [0.2, 0.25) is 0 Å². The SMILES string of the molecule is CC/C=C\C/C=C\C/C=C\C/C=C\C/C=C\C/C=C\C/C=C\C/C=C\C/C=C\CCCC(=O)OC(COC(=O)C/C=C\C/C=C\C/C=C\C/C=C\C/C=C\CC)COP(=O)(O)OCC[N+](C)(C)C. The Bertz CT molecular complexity index is 1750. The van der Waals surface area contributed by atoms with Crippen LogP contribution >= 0.6 is 7.82 Å². The molecule has 10 heteroatoms. The minimum atomic E-state index is -4.43. The fourth-order valence-corrected chi connectivity index (χ4v) is 6.24. The number of rotatable bonds is 42. The number of hydrogen-bond acceptors (Lipinski definition) is 7. The van der Waals surface area contributed by atoms with Gasteiger partial charge in [-0.2, -0.15) is 0 Å². The van der Waals surface area contributed by atoms with Gasteiger partial charge >= 0.3 is 19.8 Å². The summed E-state index contributed by atoms with van der Waals surface area (Å²) in [5.41, 5.74) is 0. The molecule has 68 heavy (non-hydrogen) atoms.